The van der Waals surface area contributed by atoms with E-state index in [1.807, 2.05) is 0 Å². The van der Waals surface area contributed by atoms with Gasteiger partial charge in [0.1, 0.15) is 0 Å². The predicted octanol–water partition coefficient (Wildman–Crippen LogP) is 3.21. The third kappa shape index (κ3) is 2.38. The molecule has 0 heterocycles. The van der Waals surface area contributed by atoms with Crippen LogP contribution in [0.3, 0.4) is 0 Å². The van der Waals surface area contributed by atoms with Crippen molar-refractivity contribution in [3.8, 4) is 0 Å². The highest BCUT2D eigenvalue weighted by Gasteiger charge is 2.43. The van der Waals surface area contributed by atoms with Crippen molar-refractivity contribution in [1.82, 2.24) is 0 Å². The number of nitrogens with two attached hydrogens (primary N) is 1. The zero-order chi connectivity index (χ0) is 12.3. The molecular weight excluding hydrogens is 210 g/mol. The molecule has 0 bridgehead atoms. The topological polar surface area (TPSA) is 35.2 Å². The Kier molecular flexibility index (Phi) is 3.85. The number of hydrogen-bond acceptors (Lipinski definition) is 2. The lowest BCUT2D eigenvalue weighted by Crippen LogP contribution is -2.48. The number of rotatable bonds is 5. The molecule has 0 radical (unpaired) electrons. The zero-order valence-electron chi connectivity index (χ0n) is 10.9. The minimum atomic E-state index is -0.105. The summed E-state index contributed by atoms with van der Waals surface area (Å²) in [6.45, 7) is 2.20. The summed E-state index contributed by atoms with van der Waals surface area (Å²) in [4.78, 5) is 0. The molecule has 17 heavy (non-hydrogen) atoms. The lowest BCUT2D eigenvalue weighted by Gasteiger charge is -2.45. The van der Waals surface area contributed by atoms with Gasteiger partial charge in [-0.1, -0.05) is 37.6 Å². The first-order valence-corrected chi connectivity index (χ1v) is 6.61. The minimum absolute atomic E-state index is 0.0110. The second kappa shape index (κ2) is 5.19. The molecule has 1 aliphatic carbocycles. The molecule has 1 aromatic rings. The zero-order valence-corrected chi connectivity index (χ0v) is 10.9. The van der Waals surface area contributed by atoms with Gasteiger partial charge >= 0.3 is 0 Å². The van der Waals surface area contributed by atoms with Crippen LogP contribution in [-0.4, -0.2) is 12.7 Å². The average molecular weight is 233 g/mol. The van der Waals surface area contributed by atoms with E-state index >= 15 is 0 Å². The SMILES string of the molecule is CCCc1ccc(C(N)C2(OC)CCC2)cc1. The summed E-state index contributed by atoms with van der Waals surface area (Å²) in [6.07, 6.45) is 5.73. The summed E-state index contributed by atoms with van der Waals surface area (Å²) in [7, 11) is 1.78. The van der Waals surface area contributed by atoms with E-state index in [4.69, 9.17) is 10.5 Å². The van der Waals surface area contributed by atoms with Crippen LogP contribution in [0.4, 0.5) is 0 Å². The van der Waals surface area contributed by atoms with Crippen molar-refractivity contribution in [2.45, 2.75) is 50.7 Å². The summed E-state index contributed by atoms with van der Waals surface area (Å²) in [6, 6.07) is 8.72. The maximum atomic E-state index is 6.34. The van der Waals surface area contributed by atoms with E-state index in [0.717, 1.165) is 19.3 Å². The molecule has 2 rings (SSSR count). The van der Waals surface area contributed by atoms with Crippen molar-refractivity contribution >= 4 is 0 Å². The van der Waals surface area contributed by atoms with Gasteiger partial charge in [0.05, 0.1) is 11.6 Å². The third-order valence-corrected chi connectivity index (χ3v) is 4.05. The normalized spacial score (nSPS) is 19.7. The number of hydrogen-bond donors (Lipinski definition) is 1. The van der Waals surface area contributed by atoms with E-state index in [2.05, 4.69) is 31.2 Å². The molecule has 0 amide bonds. The molecule has 1 aliphatic rings. The van der Waals surface area contributed by atoms with Crippen molar-refractivity contribution in [3.05, 3.63) is 35.4 Å². The second-order valence-electron chi connectivity index (χ2n) is 5.09. The predicted molar refractivity (Wildman–Crippen MR) is 71.0 cm³/mol. The average Bonchev–Trinajstić information content (AvgIpc) is 2.29. The molecule has 0 aliphatic heterocycles. The minimum Gasteiger partial charge on any atom is -0.376 e. The summed E-state index contributed by atoms with van der Waals surface area (Å²) < 4.78 is 5.64. The van der Waals surface area contributed by atoms with Crippen LogP contribution in [0.2, 0.25) is 0 Å². The summed E-state index contributed by atoms with van der Waals surface area (Å²) in [5.74, 6) is 0. The van der Waals surface area contributed by atoms with Crippen LogP contribution in [0.15, 0.2) is 24.3 Å². The third-order valence-electron chi connectivity index (χ3n) is 4.05. The quantitative estimate of drug-likeness (QED) is 0.847. The standard InChI is InChI=1S/C15H23NO/c1-3-5-12-6-8-13(9-7-12)14(16)15(17-2)10-4-11-15/h6-9,14H,3-5,10-11,16H2,1-2H3. The Bertz CT molecular complexity index is 348. The molecule has 2 nitrogen and oxygen atoms in total. The first-order valence-electron chi connectivity index (χ1n) is 6.61. The maximum absolute atomic E-state index is 6.34. The first-order chi connectivity index (χ1) is 8.22. The summed E-state index contributed by atoms with van der Waals surface area (Å²) in [5.41, 5.74) is 8.83. The molecule has 2 heteroatoms. The summed E-state index contributed by atoms with van der Waals surface area (Å²) in [5, 5.41) is 0. The van der Waals surface area contributed by atoms with Gasteiger partial charge in [0, 0.05) is 7.11 Å². The van der Waals surface area contributed by atoms with Crippen LogP contribution in [0.25, 0.3) is 0 Å². The van der Waals surface area contributed by atoms with E-state index < -0.39 is 0 Å². The van der Waals surface area contributed by atoms with Crippen LogP contribution in [-0.2, 0) is 11.2 Å². The molecule has 0 spiro atoms. The van der Waals surface area contributed by atoms with Crippen LogP contribution >= 0.6 is 0 Å². The lowest BCUT2D eigenvalue weighted by molar-refractivity contribution is -0.0911. The Morgan fingerprint density at radius 3 is 2.35 bits per heavy atom. The molecule has 0 aromatic heterocycles. The van der Waals surface area contributed by atoms with Gasteiger partial charge < -0.3 is 10.5 Å². The Morgan fingerprint density at radius 2 is 1.94 bits per heavy atom. The van der Waals surface area contributed by atoms with Gasteiger partial charge in [-0.25, -0.2) is 0 Å². The van der Waals surface area contributed by atoms with Crippen molar-refractivity contribution in [2.24, 2.45) is 5.73 Å². The molecular formula is C15H23NO. The van der Waals surface area contributed by atoms with Crippen molar-refractivity contribution in [2.75, 3.05) is 7.11 Å². The largest absolute Gasteiger partial charge is 0.376 e. The molecule has 1 saturated carbocycles. The van der Waals surface area contributed by atoms with Gasteiger partial charge in [0.15, 0.2) is 0 Å². The van der Waals surface area contributed by atoms with Gasteiger partial charge in [-0.2, -0.15) is 0 Å². The fourth-order valence-corrected chi connectivity index (χ4v) is 2.65. The Labute approximate surface area is 104 Å². The van der Waals surface area contributed by atoms with Crippen LogP contribution in [0.5, 0.6) is 0 Å². The monoisotopic (exact) mass is 233 g/mol. The Morgan fingerprint density at radius 1 is 1.29 bits per heavy atom. The fourth-order valence-electron chi connectivity index (χ4n) is 2.65. The number of methoxy groups -OCH3 is 1. The Hall–Kier alpha value is -0.860. The van der Waals surface area contributed by atoms with Gasteiger partial charge in [-0.15, -0.1) is 0 Å². The highest BCUT2D eigenvalue weighted by atomic mass is 16.5. The number of benzene rings is 1. The first kappa shape index (κ1) is 12.6. The van der Waals surface area contributed by atoms with Gasteiger partial charge in [0.25, 0.3) is 0 Å². The van der Waals surface area contributed by atoms with Crippen LogP contribution < -0.4 is 5.73 Å². The number of ether oxygens (including phenoxy) is 1. The van der Waals surface area contributed by atoms with E-state index in [9.17, 15) is 0 Å². The van der Waals surface area contributed by atoms with Gasteiger partial charge in [-0.3, -0.25) is 0 Å². The van der Waals surface area contributed by atoms with Crippen LogP contribution in [0, 0.1) is 0 Å². The molecule has 1 fully saturated rings. The second-order valence-corrected chi connectivity index (χ2v) is 5.09. The lowest BCUT2D eigenvalue weighted by atomic mass is 9.72. The fraction of sp³-hybridized carbons (Fsp3) is 0.600. The summed E-state index contributed by atoms with van der Waals surface area (Å²) >= 11 is 0. The van der Waals surface area contributed by atoms with E-state index in [1.54, 1.807) is 7.11 Å². The van der Waals surface area contributed by atoms with Crippen molar-refractivity contribution < 1.29 is 4.74 Å². The molecule has 1 unspecified atom stereocenters. The molecule has 2 N–H and O–H groups in total. The maximum Gasteiger partial charge on any atom is 0.0870 e. The van der Waals surface area contributed by atoms with E-state index in [-0.39, 0.29) is 11.6 Å². The molecule has 1 atom stereocenters. The van der Waals surface area contributed by atoms with Crippen LogP contribution in [0.1, 0.15) is 49.8 Å². The van der Waals surface area contributed by atoms with Crippen molar-refractivity contribution in [1.29, 1.82) is 0 Å². The molecule has 1 aromatic carbocycles. The molecule has 0 saturated heterocycles. The highest BCUT2D eigenvalue weighted by molar-refractivity contribution is 5.27. The van der Waals surface area contributed by atoms with E-state index in [1.165, 1.54) is 24.0 Å². The van der Waals surface area contributed by atoms with Gasteiger partial charge in [-0.05, 0) is 36.8 Å². The van der Waals surface area contributed by atoms with Gasteiger partial charge in [0.2, 0.25) is 0 Å². The highest BCUT2D eigenvalue weighted by Crippen LogP contribution is 2.43. The molecule has 94 valence electrons. The van der Waals surface area contributed by atoms with E-state index in [0.29, 0.717) is 0 Å². The Balaban J connectivity index is 2.11. The number of aryl methyl sites for hydroxylation is 1. The van der Waals surface area contributed by atoms with Crippen molar-refractivity contribution in [3.63, 3.8) is 0 Å². The smallest absolute Gasteiger partial charge is 0.0870 e.